The molecule has 0 radical (unpaired) electrons. The van der Waals surface area contributed by atoms with Gasteiger partial charge in [-0.1, -0.05) is 22.4 Å². The minimum atomic E-state index is -0.0948. The lowest BCUT2D eigenvalue weighted by Gasteiger charge is -2.28. The summed E-state index contributed by atoms with van der Waals surface area (Å²) < 4.78 is 6.65. The third kappa shape index (κ3) is 2.47. The fraction of sp³-hybridized carbons (Fsp3) is 0.500. The zero-order valence-electron chi connectivity index (χ0n) is 12.6. The first-order valence-electron chi connectivity index (χ1n) is 8.10. The van der Waals surface area contributed by atoms with Crippen molar-refractivity contribution in [2.45, 2.75) is 38.6 Å². The molecule has 22 heavy (non-hydrogen) atoms. The van der Waals surface area contributed by atoms with Crippen LogP contribution in [0.2, 0.25) is 0 Å². The van der Waals surface area contributed by atoms with Crippen molar-refractivity contribution in [3.05, 3.63) is 34.5 Å². The van der Waals surface area contributed by atoms with Gasteiger partial charge in [0, 0.05) is 15.9 Å². The molecule has 1 N–H and O–H groups in total. The van der Waals surface area contributed by atoms with E-state index in [4.69, 9.17) is 4.42 Å². The molecule has 1 heterocycles. The van der Waals surface area contributed by atoms with Crippen LogP contribution in [-0.2, 0) is 0 Å². The standard InChI is InChI=1S/C18H20BrNO2/c1-10(15-7-11-2-3-12(15)6-11)20-18(21)17-8-13-4-5-14(19)9-16(13)22-17/h4-5,8-12,15H,2-3,6-7H2,1H3,(H,20,21). The Kier molecular flexibility index (Phi) is 3.52. The van der Waals surface area contributed by atoms with Crippen molar-refractivity contribution in [3.8, 4) is 0 Å². The fourth-order valence-electron chi connectivity index (χ4n) is 4.41. The molecule has 0 aliphatic heterocycles. The highest BCUT2D eigenvalue weighted by Crippen LogP contribution is 2.49. The Morgan fingerprint density at radius 1 is 1.32 bits per heavy atom. The molecule has 2 aromatic rings. The predicted molar refractivity (Wildman–Crippen MR) is 89.8 cm³/mol. The van der Waals surface area contributed by atoms with E-state index in [0.29, 0.717) is 11.7 Å². The van der Waals surface area contributed by atoms with Gasteiger partial charge in [-0.2, -0.15) is 0 Å². The van der Waals surface area contributed by atoms with Crippen LogP contribution in [0, 0.1) is 17.8 Å². The highest BCUT2D eigenvalue weighted by Gasteiger charge is 2.42. The molecular formula is C18H20BrNO2. The van der Waals surface area contributed by atoms with Crippen molar-refractivity contribution >= 4 is 32.8 Å². The van der Waals surface area contributed by atoms with E-state index < -0.39 is 0 Å². The van der Waals surface area contributed by atoms with Crippen molar-refractivity contribution < 1.29 is 9.21 Å². The minimum Gasteiger partial charge on any atom is -0.451 e. The Labute approximate surface area is 138 Å². The maximum absolute atomic E-state index is 12.5. The van der Waals surface area contributed by atoms with E-state index in [1.165, 1.54) is 25.7 Å². The molecule has 4 atom stereocenters. The van der Waals surface area contributed by atoms with Crippen molar-refractivity contribution in [2.24, 2.45) is 17.8 Å². The summed E-state index contributed by atoms with van der Waals surface area (Å²) in [5.41, 5.74) is 0.743. The van der Waals surface area contributed by atoms with Crippen LogP contribution in [0.25, 0.3) is 11.0 Å². The van der Waals surface area contributed by atoms with Gasteiger partial charge in [0.25, 0.3) is 5.91 Å². The highest BCUT2D eigenvalue weighted by atomic mass is 79.9. The van der Waals surface area contributed by atoms with Gasteiger partial charge in [0.2, 0.25) is 0 Å². The lowest BCUT2D eigenvalue weighted by atomic mass is 9.84. The zero-order chi connectivity index (χ0) is 15.3. The van der Waals surface area contributed by atoms with Gasteiger partial charge >= 0.3 is 0 Å². The van der Waals surface area contributed by atoms with Crippen LogP contribution < -0.4 is 5.32 Å². The molecule has 0 saturated heterocycles. The van der Waals surface area contributed by atoms with Crippen LogP contribution in [0.3, 0.4) is 0 Å². The summed E-state index contributed by atoms with van der Waals surface area (Å²) in [4.78, 5) is 12.5. The van der Waals surface area contributed by atoms with Crippen LogP contribution in [0.4, 0.5) is 0 Å². The Hall–Kier alpha value is -1.29. The van der Waals surface area contributed by atoms with Crippen molar-refractivity contribution in [3.63, 3.8) is 0 Å². The molecule has 1 amide bonds. The van der Waals surface area contributed by atoms with Gasteiger partial charge in [0.05, 0.1) is 0 Å². The van der Waals surface area contributed by atoms with Crippen LogP contribution in [0.15, 0.2) is 33.2 Å². The van der Waals surface area contributed by atoms with Gasteiger partial charge in [-0.15, -0.1) is 0 Å². The number of benzene rings is 1. The maximum Gasteiger partial charge on any atom is 0.287 e. The monoisotopic (exact) mass is 361 g/mol. The molecule has 2 aliphatic carbocycles. The second-order valence-electron chi connectivity index (χ2n) is 6.89. The van der Waals surface area contributed by atoms with E-state index in [1.807, 2.05) is 24.3 Å². The number of fused-ring (bicyclic) bond motifs is 3. The van der Waals surface area contributed by atoms with E-state index in [2.05, 4.69) is 28.2 Å². The normalized spacial score (nSPS) is 28.2. The van der Waals surface area contributed by atoms with E-state index in [0.717, 1.165) is 27.3 Å². The summed E-state index contributed by atoms with van der Waals surface area (Å²) in [5, 5.41) is 4.11. The number of carbonyl (C=O) groups is 1. The predicted octanol–water partition coefficient (Wildman–Crippen LogP) is 4.75. The summed E-state index contributed by atoms with van der Waals surface area (Å²) in [6.45, 7) is 2.14. The van der Waals surface area contributed by atoms with Gasteiger partial charge in [0.1, 0.15) is 5.58 Å². The molecule has 2 bridgehead atoms. The number of hydrogen-bond acceptors (Lipinski definition) is 2. The topological polar surface area (TPSA) is 42.2 Å². The number of nitrogens with one attached hydrogen (secondary N) is 1. The molecule has 4 rings (SSSR count). The van der Waals surface area contributed by atoms with E-state index >= 15 is 0 Å². The molecule has 1 aromatic heterocycles. The van der Waals surface area contributed by atoms with Crippen molar-refractivity contribution in [2.75, 3.05) is 0 Å². The van der Waals surface area contributed by atoms with Crippen LogP contribution in [0.5, 0.6) is 0 Å². The maximum atomic E-state index is 12.5. The van der Waals surface area contributed by atoms with Gasteiger partial charge in [-0.25, -0.2) is 0 Å². The third-order valence-electron chi connectivity index (χ3n) is 5.50. The SMILES string of the molecule is CC(NC(=O)c1cc2ccc(Br)cc2o1)C1CC2CCC1C2. The third-order valence-corrected chi connectivity index (χ3v) is 5.99. The van der Waals surface area contributed by atoms with Gasteiger partial charge in [-0.05, 0) is 68.2 Å². The number of hydrogen-bond donors (Lipinski definition) is 1. The quantitative estimate of drug-likeness (QED) is 0.856. The summed E-state index contributed by atoms with van der Waals surface area (Å²) in [5.74, 6) is 2.66. The first-order valence-corrected chi connectivity index (χ1v) is 8.89. The smallest absolute Gasteiger partial charge is 0.287 e. The Balaban J connectivity index is 1.48. The van der Waals surface area contributed by atoms with E-state index in [-0.39, 0.29) is 11.9 Å². The summed E-state index contributed by atoms with van der Waals surface area (Å²) in [6, 6.07) is 7.86. The van der Waals surface area contributed by atoms with Crippen molar-refractivity contribution in [1.82, 2.24) is 5.32 Å². The largest absolute Gasteiger partial charge is 0.451 e. The molecule has 1 aromatic carbocycles. The molecule has 3 nitrogen and oxygen atoms in total. The zero-order valence-corrected chi connectivity index (χ0v) is 14.2. The molecule has 2 saturated carbocycles. The molecule has 116 valence electrons. The number of amides is 1. The van der Waals surface area contributed by atoms with Gasteiger partial charge in [0.15, 0.2) is 5.76 Å². The summed E-state index contributed by atoms with van der Waals surface area (Å²) >= 11 is 3.42. The molecule has 4 unspecified atom stereocenters. The number of halogens is 1. The number of rotatable bonds is 3. The number of furan rings is 1. The number of carbonyl (C=O) groups excluding carboxylic acids is 1. The van der Waals surface area contributed by atoms with E-state index in [1.54, 1.807) is 0 Å². The first-order chi connectivity index (χ1) is 10.6. The van der Waals surface area contributed by atoms with Gasteiger partial charge in [-0.3, -0.25) is 4.79 Å². The highest BCUT2D eigenvalue weighted by molar-refractivity contribution is 9.10. The lowest BCUT2D eigenvalue weighted by molar-refractivity contribution is 0.0889. The molecular weight excluding hydrogens is 342 g/mol. The molecule has 2 aliphatic rings. The van der Waals surface area contributed by atoms with Gasteiger partial charge < -0.3 is 9.73 Å². The Bertz CT molecular complexity index is 723. The molecule has 0 spiro atoms. The molecule has 2 fully saturated rings. The van der Waals surface area contributed by atoms with Crippen LogP contribution in [-0.4, -0.2) is 11.9 Å². The Morgan fingerprint density at radius 3 is 2.91 bits per heavy atom. The second-order valence-corrected chi connectivity index (χ2v) is 7.81. The lowest BCUT2D eigenvalue weighted by Crippen LogP contribution is -2.39. The fourth-order valence-corrected chi connectivity index (χ4v) is 4.75. The summed E-state index contributed by atoms with van der Waals surface area (Å²) in [7, 11) is 0. The average molecular weight is 362 g/mol. The summed E-state index contributed by atoms with van der Waals surface area (Å²) in [6.07, 6.45) is 5.37. The second kappa shape index (κ2) is 5.41. The van der Waals surface area contributed by atoms with Crippen molar-refractivity contribution in [1.29, 1.82) is 0 Å². The van der Waals surface area contributed by atoms with E-state index in [9.17, 15) is 4.79 Å². The van der Waals surface area contributed by atoms with Crippen LogP contribution >= 0.6 is 15.9 Å². The first kappa shape index (κ1) is 14.3. The average Bonchev–Trinajstić information content (AvgIpc) is 3.20. The Morgan fingerprint density at radius 2 is 2.18 bits per heavy atom. The van der Waals surface area contributed by atoms with Crippen LogP contribution in [0.1, 0.15) is 43.2 Å². The molecule has 4 heteroatoms. The minimum absolute atomic E-state index is 0.0948.